The molecule has 2 aromatic carbocycles. The summed E-state index contributed by atoms with van der Waals surface area (Å²) in [7, 11) is 1.67. The number of rotatable bonds is 6. The van der Waals surface area contributed by atoms with Gasteiger partial charge in [0.15, 0.2) is 0 Å². The Morgan fingerprint density at radius 3 is 2.14 bits per heavy atom. The van der Waals surface area contributed by atoms with Gasteiger partial charge in [-0.2, -0.15) is 0 Å². The van der Waals surface area contributed by atoms with Crippen molar-refractivity contribution in [1.29, 1.82) is 0 Å². The van der Waals surface area contributed by atoms with Gasteiger partial charge in [0.2, 0.25) is 0 Å². The molecule has 0 bridgehead atoms. The fourth-order valence-electron chi connectivity index (χ4n) is 2.61. The smallest absolute Gasteiger partial charge is 0.122 e. The lowest BCUT2D eigenvalue weighted by Gasteiger charge is -2.20. The van der Waals surface area contributed by atoms with Gasteiger partial charge in [0, 0.05) is 6.07 Å². The zero-order valence-electron chi connectivity index (χ0n) is 13.4. The van der Waals surface area contributed by atoms with Gasteiger partial charge in [-0.1, -0.05) is 32.0 Å². The summed E-state index contributed by atoms with van der Waals surface area (Å²) >= 11 is 0. The Morgan fingerprint density at radius 2 is 1.55 bits per heavy atom. The van der Waals surface area contributed by atoms with Crippen molar-refractivity contribution in [2.24, 2.45) is 11.8 Å². The molecule has 0 radical (unpaired) electrons. The molecule has 0 spiro atoms. The van der Waals surface area contributed by atoms with Crippen molar-refractivity contribution in [1.82, 2.24) is 0 Å². The summed E-state index contributed by atoms with van der Waals surface area (Å²) in [5, 5.41) is 19.2. The Balaban J connectivity index is 1.97. The summed E-state index contributed by atoms with van der Waals surface area (Å²) in [6.07, 6.45) is 1.79. The first-order valence-corrected chi connectivity index (χ1v) is 7.63. The van der Waals surface area contributed by atoms with Crippen LogP contribution in [0, 0.1) is 11.8 Å². The second-order valence-corrected chi connectivity index (χ2v) is 6.02. The Morgan fingerprint density at radius 1 is 0.909 bits per heavy atom. The first-order chi connectivity index (χ1) is 10.5. The standard InChI is InChI=1S/C19H24O3/c1-13(10-15-4-8-18(22-3)9-5-15)14(2)11-16-6-7-17(20)12-19(16)21/h4-9,12-14,20-21H,10-11H2,1-3H3/t13-,14+/m0/s1. The van der Waals surface area contributed by atoms with Crippen LogP contribution in [0.1, 0.15) is 25.0 Å². The van der Waals surface area contributed by atoms with E-state index in [-0.39, 0.29) is 11.5 Å². The Bertz CT molecular complexity index is 605. The lowest BCUT2D eigenvalue weighted by atomic mass is 9.85. The molecular weight excluding hydrogens is 276 g/mol. The van der Waals surface area contributed by atoms with E-state index in [0.717, 1.165) is 24.2 Å². The highest BCUT2D eigenvalue weighted by Gasteiger charge is 2.15. The van der Waals surface area contributed by atoms with E-state index >= 15 is 0 Å². The van der Waals surface area contributed by atoms with Crippen LogP contribution in [0.2, 0.25) is 0 Å². The van der Waals surface area contributed by atoms with Gasteiger partial charge in [-0.3, -0.25) is 0 Å². The zero-order chi connectivity index (χ0) is 16.1. The van der Waals surface area contributed by atoms with Crippen molar-refractivity contribution in [3.05, 3.63) is 53.6 Å². The molecule has 0 heterocycles. The minimum atomic E-state index is 0.0974. The fraction of sp³-hybridized carbons (Fsp3) is 0.368. The van der Waals surface area contributed by atoms with Crippen molar-refractivity contribution in [3.8, 4) is 17.2 Å². The van der Waals surface area contributed by atoms with Crippen LogP contribution >= 0.6 is 0 Å². The SMILES string of the molecule is COc1ccc(C[C@H](C)[C@H](C)Cc2ccc(O)cc2O)cc1. The van der Waals surface area contributed by atoms with Crippen LogP contribution < -0.4 is 4.74 Å². The molecule has 2 rings (SSSR count). The number of hydrogen-bond acceptors (Lipinski definition) is 3. The molecule has 118 valence electrons. The van der Waals surface area contributed by atoms with Crippen molar-refractivity contribution < 1.29 is 14.9 Å². The maximum absolute atomic E-state index is 9.90. The van der Waals surface area contributed by atoms with Crippen molar-refractivity contribution >= 4 is 0 Å². The van der Waals surface area contributed by atoms with Gasteiger partial charge in [-0.05, 0) is 54.0 Å². The second-order valence-electron chi connectivity index (χ2n) is 6.02. The lowest BCUT2D eigenvalue weighted by molar-refractivity contribution is 0.374. The monoisotopic (exact) mass is 300 g/mol. The molecule has 0 saturated carbocycles. The molecule has 0 amide bonds. The molecule has 2 aromatic rings. The lowest BCUT2D eigenvalue weighted by Crippen LogP contribution is -2.13. The van der Waals surface area contributed by atoms with Crippen LogP contribution in [0.25, 0.3) is 0 Å². The molecule has 3 nitrogen and oxygen atoms in total. The number of methoxy groups -OCH3 is 1. The summed E-state index contributed by atoms with van der Waals surface area (Å²) < 4.78 is 5.18. The van der Waals surface area contributed by atoms with Gasteiger partial charge >= 0.3 is 0 Å². The van der Waals surface area contributed by atoms with Gasteiger partial charge in [0.25, 0.3) is 0 Å². The highest BCUT2D eigenvalue weighted by Crippen LogP contribution is 2.28. The van der Waals surface area contributed by atoms with Crippen LogP contribution in [0.15, 0.2) is 42.5 Å². The molecule has 2 N–H and O–H groups in total. The average molecular weight is 300 g/mol. The average Bonchev–Trinajstić information content (AvgIpc) is 2.50. The molecule has 0 fully saturated rings. The van der Waals surface area contributed by atoms with E-state index in [1.54, 1.807) is 19.2 Å². The highest BCUT2D eigenvalue weighted by atomic mass is 16.5. The largest absolute Gasteiger partial charge is 0.508 e. The number of hydrogen-bond donors (Lipinski definition) is 2. The van der Waals surface area contributed by atoms with Crippen LogP contribution in [0.4, 0.5) is 0 Å². The second kappa shape index (κ2) is 7.21. The first-order valence-electron chi connectivity index (χ1n) is 7.63. The minimum Gasteiger partial charge on any atom is -0.508 e. The third-order valence-electron chi connectivity index (χ3n) is 4.30. The number of benzene rings is 2. The summed E-state index contributed by atoms with van der Waals surface area (Å²) in [6.45, 7) is 4.42. The summed E-state index contributed by atoms with van der Waals surface area (Å²) in [5.74, 6) is 2.06. The molecule has 0 saturated heterocycles. The third-order valence-corrected chi connectivity index (χ3v) is 4.30. The predicted molar refractivity (Wildman–Crippen MR) is 88.5 cm³/mol. The molecule has 2 atom stereocenters. The first kappa shape index (κ1) is 16.2. The Labute approximate surface area is 132 Å². The molecular formula is C19H24O3. The zero-order valence-corrected chi connectivity index (χ0v) is 13.4. The quantitative estimate of drug-likeness (QED) is 0.842. The number of phenolic OH excluding ortho intramolecular Hbond substituents is 2. The van der Waals surface area contributed by atoms with Gasteiger partial charge in [0.05, 0.1) is 7.11 Å². The van der Waals surface area contributed by atoms with Crippen LogP contribution in [0.3, 0.4) is 0 Å². The van der Waals surface area contributed by atoms with Crippen molar-refractivity contribution in [2.45, 2.75) is 26.7 Å². The highest BCUT2D eigenvalue weighted by molar-refractivity contribution is 5.39. The molecule has 0 aliphatic heterocycles. The van der Waals surface area contributed by atoms with E-state index in [9.17, 15) is 10.2 Å². The predicted octanol–water partition coefficient (Wildman–Crippen LogP) is 4.16. The van der Waals surface area contributed by atoms with E-state index in [2.05, 4.69) is 26.0 Å². The van der Waals surface area contributed by atoms with Crippen molar-refractivity contribution in [2.75, 3.05) is 7.11 Å². The normalized spacial score (nSPS) is 13.6. The van der Waals surface area contributed by atoms with Gasteiger partial charge in [0.1, 0.15) is 17.2 Å². The minimum absolute atomic E-state index is 0.0974. The summed E-state index contributed by atoms with van der Waals surface area (Å²) in [4.78, 5) is 0. The number of ether oxygens (including phenoxy) is 1. The van der Waals surface area contributed by atoms with E-state index < -0.39 is 0 Å². The molecule has 0 aromatic heterocycles. The fourth-order valence-corrected chi connectivity index (χ4v) is 2.61. The van der Waals surface area contributed by atoms with Crippen LogP contribution in [-0.2, 0) is 12.8 Å². The summed E-state index contributed by atoms with van der Waals surface area (Å²) in [6, 6.07) is 13.0. The number of phenols is 2. The van der Waals surface area contributed by atoms with E-state index in [0.29, 0.717) is 11.8 Å². The third kappa shape index (κ3) is 4.17. The molecule has 0 aliphatic carbocycles. The topological polar surface area (TPSA) is 49.7 Å². The Kier molecular flexibility index (Phi) is 5.31. The number of aromatic hydroxyl groups is 2. The van der Waals surface area contributed by atoms with Crippen LogP contribution in [-0.4, -0.2) is 17.3 Å². The van der Waals surface area contributed by atoms with Gasteiger partial charge in [-0.25, -0.2) is 0 Å². The van der Waals surface area contributed by atoms with Crippen molar-refractivity contribution in [3.63, 3.8) is 0 Å². The van der Waals surface area contributed by atoms with Gasteiger partial charge in [-0.15, -0.1) is 0 Å². The maximum atomic E-state index is 9.90. The maximum Gasteiger partial charge on any atom is 0.122 e. The van der Waals surface area contributed by atoms with E-state index in [1.165, 1.54) is 11.6 Å². The molecule has 0 unspecified atom stereocenters. The van der Waals surface area contributed by atoms with E-state index in [4.69, 9.17) is 4.74 Å². The summed E-state index contributed by atoms with van der Waals surface area (Å²) in [5.41, 5.74) is 2.17. The van der Waals surface area contributed by atoms with Crippen LogP contribution in [0.5, 0.6) is 17.2 Å². The van der Waals surface area contributed by atoms with Gasteiger partial charge < -0.3 is 14.9 Å². The molecule has 3 heteroatoms. The Hall–Kier alpha value is -2.16. The molecule has 0 aliphatic rings. The molecule has 22 heavy (non-hydrogen) atoms. The van der Waals surface area contributed by atoms with E-state index in [1.807, 2.05) is 12.1 Å².